The molecule has 1 spiro atoms. The molecule has 152 valence electrons. The standard InChI is InChI=1S/C23H18N6O2/c30-21(18-14-25-19-8-4-11-26-29(18)19)28-12-9-23(20(28)15-5-3-10-24-13-15)16-6-1-2-7-17(16)27-22(23)31/h1-8,10-11,13-14,20H,9,12H2,(H,27,31). The number of imidazole rings is 1. The fraction of sp³-hybridized carbons (Fsp3) is 0.174. The lowest BCUT2D eigenvalue weighted by Gasteiger charge is -2.34. The molecule has 5 heterocycles. The Morgan fingerprint density at radius 3 is 2.81 bits per heavy atom. The van der Waals surface area contributed by atoms with Gasteiger partial charge in [-0.25, -0.2) is 9.50 Å². The summed E-state index contributed by atoms with van der Waals surface area (Å²) in [5.41, 5.74) is 2.63. The Morgan fingerprint density at radius 1 is 1.06 bits per heavy atom. The fourth-order valence-electron chi connectivity index (χ4n) is 5.03. The summed E-state index contributed by atoms with van der Waals surface area (Å²) in [4.78, 5) is 37.5. The lowest BCUT2D eigenvalue weighted by Crippen LogP contribution is -2.43. The molecule has 6 rings (SSSR count). The second-order valence-electron chi connectivity index (χ2n) is 7.85. The number of nitrogens with one attached hydrogen (secondary N) is 1. The van der Waals surface area contributed by atoms with Gasteiger partial charge in [-0.05, 0) is 41.8 Å². The van der Waals surface area contributed by atoms with Crippen molar-refractivity contribution in [3.05, 3.63) is 90.1 Å². The van der Waals surface area contributed by atoms with Crippen LogP contribution in [0.4, 0.5) is 5.69 Å². The Balaban J connectivity index is 1.52. The number of fused-ring (bicyclic) bond motifs is 3. The zero-order chi connectivity index (χ0) is 21.0. The van der Waals surface area contributed by atoms with Crippen LogP contribution in [0, 0.1) is 0 Å². The normalized spacial score (nSPS) is 22.1. The van der Waals surface area contributed by atoms with Crippen molar-refractivity contribution in [2.45, 2.75) is 17.9 Å². The molecule has 1 aromatic carbocycles. The predicted octanol–water partition coefficient (Wildman–Crippen LogP) is 2.60. The molecule has 2 atom stereocenters. The summed E-state index contributed by atoms with van der Waals surface area (Å²) in [5, 5.41) is 7.31. The number of para-hydroxylation sites is 1. The summed E-state index contributed by atoms with van der Waals surface area (Å²) in [5.74, 6) is -0.303. The van der Waals surface area contributed by atoms with Crippen molar-refractivity contribution in [3.8, 4) is 0 Å². The lowest BCUT2D eigenvalue weighted by molar-refractivity contribution is -0.121. The van der Waals surface area contributed by atoms with Gasteiger partial charge in [0, 0.05) is 30.8 Å². The number of aromatic nitrogens is 4. The first-order valence-electron chi connectivity index (χ1n) is 10.1. The van der Waals surface area contributed by atoms with Gasteiger partial charge >= 0.3 is 0 Å². The van der Waals surface area contributed by atoms with E-state index in [2.05, 4.69) is 20.4 Å². The number of hydrogen-bond donors (Lipinski definition) is 1. The van der Waals surface area contributed by atoms with E-state index in [-0.39, 0.29) is 11.8 Å². The molecular weight excluding hydrogens is 392 g/mol. The van der Waals surface area contributed by atoms with Crippen LogP contribution in [0.1, 0.15) is 34.1 Å². The minimum Gasteiger partial charge on any atom is -0.329 e. The zero-order valence-electron chi connectivity index (χ0n) is 16.5. The maximum absolute atomic E-state index is 13.7. The first kappa shape index (κ1) is 17.8. The maximum Gasteiger partial charge on any atom is 0.274 e. The number of carbonyl (C=O) groups is 2. The lowest BCUT2D eigenvalue weighted by atomic mass is 9.73. The van der Waals surface area contributed by atoms with Crippen molar-refractivity contribution < 1.29 is 9.59 Å². The highest BCUT2D eigenvalue weighted by atomic mass is 16.2. The summed E-state index contributed by atoms with van der Waals surface area (Å²) < 4.78 is 1.54. The van der Waals surface area contributed by atoms with E-state index >= 15 is 0 Å². The third-order valence-electron chi connectivity index (χ3n) is 6.34. The van der Waals surface area contributed by atoms with Gasteiger partial charge in [-0.2, -0.15) is 5.10 Å². The van der Waals surface area contributed by atoms with E-state index in [9.17, 15) is 9.59 Å². The number of anilines is 1. The van der Waals surface area contributed by atoms with Gasteiger partial charge in [0.1, 0.15) is 5.41 Å². The molecule has 0 aliphatic carbocycles. The summed E-state index contributed by atoms with van der Waals surface area (Å²) in [7, 11) is 0. The summed E-state index contributed by atoms with van der Waals surface area (Å²) >= 11 is 0. The second kappa shape index (κ2) is 6.46. The molecule has 31 heavy (non-hydrogen) atoms. The van der Waals surface area contributed by atoms with Crippen LogP contribution in [0.2, 0.25) is 0 Å². The van der Waals surface area contributed by atoms with Crippen LogP contribution in [0.5, 0.6) is 0 Å². The molecule has 8 nitrogen and oxygen atoms in total. The van der Waals surface area contributed by atoms with Gasteiger partial charge in [-0.1, -0.05) is 24.3 Å². The molecule has 8 heteroatoms. The Bertz CT molecular complexity index is 1330. The van der Waals surface area contributed by atoms with E-state index in [0.717, 1.165) is 16.8 Å². The third kappa shape index (κ3) is 2.38. The average Bonchev–Trinajstić information content (AvgIpc) is 3.49. The number of carbonyl (C=O) groups excluding carboxylic acids is 2. The summed E-state index contributed by atoms with van der Waals surface area (Å²) in [6.45, 7) is 0.431. The minimum atomic E-state index is -0.872. The Morgan fingerprint density at radius 2 is 1.94 bits per heavy atom. The van der Waals surface area contributed by atoms with E-state index in [1.807, 2.05) is 36.4 Å². The molecule has 0 saturated carbocycles. The van der Waals surface area contributed by atoms with Gasteiger partial charge in [0.2, 0.25) is 5.91 Å². The summed E-state index contributed by atoms with van der Waals surface area (Å²) in [6.07, 6.45) is 7.10. The van der Waals surface area contributed by atoms with Crippen molar-refractivity contribution >= 4 is 23.1 Å². The van der Waals surface area contributed by atoms with Crippen LogP contribution >= 0.6 is 0 Å². The largest absolute Gasteiger partial charge is 0.329 e. The van der Waals surface area contributed by atoms with Gasteiger partial charge in [0.25, 0.3) is 5.91 Å². The van der Waals surface area contributed by atoms with E-state index in [1.165, 1.54) is 4.52 Å². The molecule has 1 N–H and O–H groups in total. The van der Waals surface area contributed by atoms with Gasteiger partial charge in [0.15, 0.2) is 11.3 Å². The van der Waals surface area contributed by atoms with E-state index < -0.39 is 11.5 Å². The van der Waals surface area contributed by atoms with Crippen LogP contribution in [0.15, 0.2) is 73.3 Å². The van der Waals surface area contributed by atoms with E-state index in [0.29, 0.717) is 24.3 Å². The average molecular weight is 410 g/mol. The molecule has 2 aliphatic heterocycles. The Kier molecular flexibility index (Phi) is 3.70. The van der Waals surface area contributed by atoms with Crippen molar-refractivity contribution in [1.82, 2.24) is 24.5 Å². The molecule has 2 amide bonds. The van der Waals surface area contributed by atoms with Crippen LogP contribution in [-0.4, -0.2) is 42.8 Å². The third-order valence-corrected chi connectivity index (χ3v) is 6.34. The van der Waals surface area contributed by atoms with Crippen LogP contribution in [0.3, 0.4) is 0 Å². The van der Waals surface area contributed by atoms with Gasteiger partial charge in [0.05, 0.1) is 12.2 Å². The molecule has 0 bridgehead atoms. The number of rotatable bonds is 2. The zero-order valence-corrected chi connectivity index (χ0v) is 16.5. The highest BCUT2D eigenvalue weighted by Gasteiger charge is 2.59. The van der Waals surface area contributed by atoms with Gasteiger partial charge < -0.3 is 10.2 Å². The number of benzene rings is 1. The van der Waals surface area contributed by atoms with Crippen molar-refractivity contribution in [1.29, 1.82) is 0 Å². The van der Waals surface area contributed by atoms with Crippen LogP contribution in [0.25, 0.3) is 5.65 Å². The molecule has 1 saturated heterocycles. The number of nitrogens with zero attached hydrogens (tertiary/aromatic N) is 5. The molecule has 0 radical (unpaired) electrons. The van der Waals surface area contributed by atoms with Crippen molar-refractivity contribution in [2.24, 2.45) is 0 Å². The van der Waals surface area contributed by atoms with Gasteiger partial charge in [-0.15, -0.1) is 0 Å². The Hall–Kier alpha value is -4.07. The van der Waals surface area contributed by atoms with E-state index in [1.54, 1.807) is 41.8 Å². The number of likely N-dealkylation sites (tertiary alicyclic amines) is 1. The predicted molar refractivity (Wildman–Crippen MR) is 112 cm³/mol. The van der Waals surface area contributed by atoms with E-state index in [4.69, 9.17) is 0 Å². The number of amides is 2. The SMILES string of the molecule is O=C(c1cnc2cccnn12)N1CCC2(C(=O)Nc3ccccc32)C1c1cccnc1. The van der Waals surface area contributed by atoms with Crippen LogP contribution in [-0.2, 0) is 10.2 Å². The smallest absolute Gasteiger partial charge is 0.274 e. The quantitative estimate of drug-likeness (QED) is 0.548. The topological polar surface area (TPSA) is 92.5 Å². The molecule has 1 fully saturated rings. The fourth-order valence-corrected chi connectivity index (χ4v) is 5.03. The molecule has 3 aromatic heterocycles. The Labute approximate surface area is 177 Å². The monoisotopic (exact) mass is 410 g/mol. The number of pyridine rings is 1. The maximum atomic E-state index is 13.7. The van der Waals surface area contributed by atoms with Crippen LogP contribution < -0.4 is 5.32 Å². The molecule has 4 aromatic rings. The molecule has 2 unspecified atom stereocenters. The molecule has 2 aliphatic rings. The first-order valence-corrected chi connectivity index (χ1v) is 10.1. The summed E-state index contributed by atoms with van der Waals surface area (Å²) in [6, 6.07) is 14.5. The number of hydrogen-bond acceptors (Lipinski definition) is 5. The minimum absolute atomic E-state index is 0.0888. The highest BCUT2D eigenvalue weighted by Crippen LogP contribution is 2.54. The first-order chi connectivity index (χ1) is 15.2. The van der Waals surface area contributed by atoms with Crippen molar-refractivity contribution in [2.75, 3.05) is 11.9 Å². The molecular formula is C23H18N6O2. The highest BCUT2D eigenvalue weighted by molar-refractivity contribution is 6.08. The van der Waals surface area contributed by atoms with Crippen molar-refractivity contribution in [3.63, 3.8) is 0 Å². The van der Waals surface area contributed by atoms with Gasteiger partial charge in [-0.3, -0.25) is 14.6 Å². The second-order valence-corrected chi connectivity index (χ2v) is 7.85.